The number of nitrogens with one attached hydrogen (secondary N) is 1. The van der Waals surface area contributed by atoms with Gasteiger partial charge in [-0.3, -0.25) is 0 Å². The van der Waals surface area contributed by atoms with E-state index in [1.807, 2.05) is 0 Å². The minimum absolute atomic E-state index is 0.913. The molecule has 0 amide bonds. The molecule has 2 rings (SSSR count). The van der Waals surface area contributed by atoms with Crippen molar-refractivity contribution in [2.24, 2.45) is 0 Å². The summed E-state index contributed by atoms with van der Waals surface area (Å²) in [6.45, 7) is 5.05. The lowest BCUT2D eigenvalue weighted by Gasteiger charge is -2.29. The monoisotopic (exact) mass is 246 g/mol. The van der Waals surface area contributed by atoms with Crippen molar-refractivity contribution < 1.29 is 0 Å². The third-order valence-electron chi connectivity index (χ3n) is 3.28. The number of likely N-dealkylation sites (tertiary alicyclic amines) is 1. The highest BCUT2D eigenvalue weighted by atomic mass is 33.1. The van der Waals surface area contributed by atoms with Crippen LogP contribution in [0.5, 0.6) is 0 Å². The van der Waals surface area contributed by atoms with Crippen LogP contribution >= 0.6 is 21.6 Å². The molecule has 4 heteroatoms. The fourth-order valence-electron chi connectivity index (χ4n) is 2.13. The standard InChI is InChI=1S/C11H22N2S2/c1-13-8-4-11(5-9-13)15-14-10-2-6-12-7-3-10/h10-12H,2-9H2,1H3. The van der Waals surface area contributed by atoms with Crippen molar-refractivity contribution in [3.05, 3.63) is 0 Å². The highest BCUT2D eigenvalue weighted by Crippen LogP contribution is 2.38. The second-order valence-corrected chi connectivity index (χ2v) is 7.52. The largest absolute Gasteiger partial charge is 0.317 e. The van der Waals surface area contributed by atoms with Crippen molar-refractivity contribution >= 4 is 21.6 Å². The molecule has 2 aliphatic heterocycles. The van der Waals surface area contributed by atoms with Gasteiger partial charge in [-0.25, -0.2) is 0 Å². The Balaban J connectivity index is 1.60. The average Bonchev–Trinajstić information content (AvgIpc) is 2.30. The van der Waals surface area contributed by atoms with E-state index in [4.69, 9.17) is 0 Å². The lowest BCUT2D eigenvalue weighted by Crippen LogP contribution is -2.32. The van der Waals surface area contributed by atoms with Crippen LogP contribution in [0.4, 0.5) is 0 Å². The van der Waals surface area contributed by atoms with Crippen LogP contribution in [0.25, 0.3) is 0 Å². The molecule has 0 unspecified atom stereocenters. The van der Waals surface area contributed by atoms with Crippen LogP contribution in [-0.4, -0.2) is 48.6 Å². The van der Waals surface area contributed by atoms with E-state index in [1.54, 1.807) is 0 Å². The summed E-state index contributed by atoms with van der Waals surface area (Å²) in [5, 5.41) is 5.26. The van der Waals surface area contributed by atoms with Gasteiger partial charge in [0.05, 0.1) is 0 Å². The number of hydrogen-bond donors (Lipinski definition) is 1. The molecule has 1 N–H and O–H groups in total. The number of hydrogen-bond acceptors (Lipinski definition) is 4. The van der Waals surface area contributed by atoms with Crippen molar-refractivity contribution in [2.45, 2.75) is 36.2 Å². The Bertz CT molecular complexity index is 175. The maximum atomic E-state index is 3.43. The topological polar surface area (TPSA) is 15.3 Å². The highest BCUT2D eigenvalue weighted by molar-refractivity contribution is 8.77. The summed E-state index contributed by atoms with van der Waals surface area (Å²) in [7, 11) is 6.57. The molecule has 15 heavy (non-hydrogen) atoms. The molecule has 0 spiro atoms. The van der Waals surface area contributed by atoms with Crippen LogP contribution in [0.15, 0.2) is 0 Å². The van der Waals surface area contributed by atoms with E-state index in [0.29, 0.717) is 0 Å². The molecule has 2 heterocycles. The maximum absolute atomic E-state index is 3.43. The van der Waals surface area contributed by atoms with E-state index in [9.17, 15) is 0 Å². The SMILES string of the molecule is CN1CCC(SSC2CCNCC2)CC1. The predicted molar refractivity (Wildman–Crippen MR) is 71.6 cm³/mol. The molecule has 0 bridgehead atoms. The van der Waals surface area contributed by atoms with Crippen molar-refractivity contribution in [3.8, 4) is 0 Å². The molecule has 0 aromatic rings. The molecular weight excluding hydrogens is 224 g/mol. The normalized spacial score (nSPS) is 27.0. The summed E-state index contributed by atoms with van der Waals surface area (Å²) in [4.78, 5) is 2.45. The Hall–Kier alpha value is 0.620. The lowest BCUT2D eigenvalue weighted by atomic mass is 10.1. The summed E-state index contributed by atoms with van der Waals surface area (Å²) in [6, 6.07) is 0. The zero-order valence-corrected chi connectivity index (χ0v) is 11.2. The fourth-order valence-corrected chi connectivity index (χ4v) is 5.37. The second-order valence-electron chi connectivity index (χ2n) is 4.64. The first-order valence-electron chi connectivity index (χ1n) is 6.06. The van der Waals surface area contributed by atoms with Crippen LogP contribution in [0.2, 0.25) is 0 Å². The molecule has 2 nitrogen and oxygen atoms in total. The average molecular weight is 246 g/mol. The van der Waals surface area contributed by atoms with E-state index < -0.39 is 0 Å². The van der Waals surface area contributed by atoms with Gasteiger partial charge in [-0.15, -0.1) is 0 Å². The van der Waals surface area contributed by atoms with Gasteiger partial charge in [-0.1, -0.05) is 21.6 Å². The minimum atomic E-state index is 0.913. The zero-order valence-electron chi connectivity index (χ0n) is 9.58. The van der Waals surface area contributed by atoms with Crippen LogP contribution in [-0.2, 0) is 0 Å². The first kappa shape index (κ1) is 12.1. The van der Waals surface area contributed by atoms with Crippen molar-refractivity contribution in [1.82, 2.24) is 10.2 Å². The van der Waals surface area contributed by atoms with Gasteiger partial charge in [-0.2, -0.15) is 0 Å². The maximum Gasteiger partial charge on any atom is 0.0175 e. The molecule has 0 atom stereocenters. The van der Waals surface area contributed by atoms with E-state index in [2.05, 4.69) is 38.9 Å². The molecule has 2 aliphatic rings. The van der Waals surface area contributed by atoms with Crippen molar-refractivity contribution in [1.29, 1.82) is 0 Å². The third-order valence-corrected chi connectivity index (χ3v) is 6.84. The fraction of sp³-hybridized carbons (Fsp3) is 1.00. The summed E-state index contributed by atoms with van der Waals surface area (Å²) in [6.07, 6.45) is 5.51. The van der Waals surface area contributed by atoms with Gasteiger partial charge < -0.3 is 10.2 Å². The van der Waals surface area contributed by atoms with Crippen LogP contribution < -0.4 is 5.32 Å². The van der Waals surface area contributed by atoms with Crippen molar-refractivity contribution in [3.63, 3.8) is 0 Å². The number of piperidine rings is 2. The Morgan fingerprint density at radius 2 is 1.47 bits per heavy atom. The van der Waals surface area contributed by atoms with Crippen LogP contribution in [0.1, 0.15) is 25.7 Å². The van der Waals surface area contributed by atoms with Gasteiger partial charge in [0.25, 0.3) is 0 Å². The van der Waals surface area contributed by atoms with E-state index in [-0.39, 0.29) is 0 Å². The molecule has 0 aromatic heterocycles. The van der Waals surface area contributed by atoms with Gasteiger partial charge in [0.1, 0.15) is 0 Å². The summed E-state index contributed by atoms with van der Waals surface area (Å²) in [5.74, 6) is 0. The molecule has 88 valence electrons. The quantitative estimate of drug-likeness (QED) is 0.768. The highest BCUT2D eigenvalue weighted by Gasteiger charge is 2.20. The van der Waals surface area contributed by atoms with Gasteiger partial charge in [-0.05, 0) is 58.9 Å². The number of rotatable bonds is 3. The molecule has 0 saturated carbocycles. The van der Waals surface area contributed by atoms with E-state index >= 15 is 0 Å². The minimum Gasteiger partial charge on any atom is -0.317 e. The van der Waals surface area contributed by atoms with Crippen LogP contribution in [0, 0.1) is 0 Å². The van der Waals surface area contributed by atoms with Crippen LogP contribution in [0.3, 0.4) is 0 Å². The first-order chi connectivity index (χ1) is 7.34. The summed E-state index contributed by atoms with van der Waals surface area (Å²) in [5.41, 5.74) is 0. The molecule has 0 radical (unpaired) electrons. The van der Waals surface area contributed by atoms with Gasteiger partial charge in [0.15, 0.2) is 0 Å². The van der Waals surface area contributed by atoms with Crippen molar-refractivity contribution in [2.75, 3.05) is 33.2 Å². The van der Waals surface area contributed by atoms with Gasteiger partial charge in [0, 0.05) is 10.5 Å². The first-order valence-corrected chi connectivity index (χ1v) is 8.33. The zero-order chi connectivity index (χ0) is 10.5. The van der Waals surface area contributed by atoms with E-state index in [1.165, 1.54) is 51.9 Å². The third kappa shape index (κ3) is 4.17. The Kier molecular flexibility index (Phi) is 5.14. The smallest absolute Gasteiger partial charge is 0.0175 e. The Morgan fingerprint density at radius 3 is 2.07 bits per heavy atom. The Morgan fingerprint density at radius 1 is 0.933 bits per heavy atom. The molecule has 0 aromatic carbocycles. The van der Waals surface area contributed by atoms with E-state index in [0.717, 1.165) is 10.5 Å². The second kappa shape index (κ2) is 6.38. The molecule has 2 fully saturated rings. The molecule has 0 aliphatic carbocycles. The summed E-state index contributed by atoms with van der Waals surface area (Å²) >= 11 is 0. The molecule has 2 saturated heterocycles. The number of nitrogens with zero attached hydrogens (tertiary/aromatic N) is 1. The molecular formula is C11H22N2S2. The lowest BCUT2D eigenvalue weighted by molar-refractivity contribution is 0.282. The Labute approximate surface area is 101 Å². The van der Waals surface area contributed by atoms with Gasteiger partial charge >= 0.3 is 0 Å². The summed E-state index contributed by atoms with van der Waals surface area (Å²) < 4.78 is 0. The predicted octanol–water partition coefficient (Wildman–Crippen LogP) is 2.21. The van der Waals surface area contributed by atoms with Gasteiger partial charge in [0.2, 0.25) is 0 Å².